The van der Waals surface area contributed by atoms with Gasteiger partial charge in [-0.2, -0.15) is 0 Å². The van der Waals surface area contributed by atoms with Gasteiger partial charge in [-0.25, -0.2) is 9.37 Å². The zero-order valence-electron chi connectivity index (χ0n) is 10.0. The number of hydrogen-bond acceptors (Lipinski definition) is 3. The van der Waals surface area contributed by atoms with Gasteiger partial charge in [-0.15, -0.1) is 11.3 Å². The second kappa shape index (κ2) is 5.23. The van der Waals surface area contributed by atoms with Gasteiger partial charge in [0.25, 0.3) is 0 Å². The van der Waals surface area contributed by atoms with Gasteiger partial charge < -0.3 is 0 Å². The highest BCUT2D eigenvalue weighted by Gasteiger charge is 2.18. The van der Waals surface area contributed by atoms with Crippen molar-refractivity contribution >= 4 is 11.3 Å². The molecule has 0 unspecified atom stereocenters. The van der Waals surface area contributed by atoms with Crippen LogP contribution in [0.15, 0.2) is 0 Å². The molecule has 90 valence electrons. The molecule has 0 N–H and O–H groups in total. The van der Waals surface area contributed by atoms with E-state index in [4.69, 9.17) is 4.98 Å². The second-order valence-electron chi connectivity index (χ2n) is 4.61. The van der Waals surface area contributed by atoms with Crippen LogP contribution in [-0.4, -0.2) is 36.2 Å². The first-order valence-corrected chi connectivity index (χ1v) is 6.79. The first-order valence-electron chi connectivity index (χ1n) is 5.97. The molecule has 1 aromatic rings. The number of hydrogen-bond donors (Lipinski definition) is 0. The quantitative estimate of drug-likeness (QED) is 0.810. The molecule has 16 heavy (non-hydrogen) atoms. The number of rotatable bonds is 3. The van der Waals surface area contributed by atoms with Crippen LogP contribution in [0.2, 0.25) is 0 Å². The van der Waals surface area contributed by atoms with Crippen LogP contribution in [-0.2, 0) is 12.8 Å². The fraction of sp³-hybridized carbons (Fsp3) is 0.750. The Balaban J connectivity index is 2.06. The minimum Gasteiger partial charge on any atom is -0.300 e. The Morgan fingerprint density at radius 3 is 2.81 bits per heavy atom. The molecule has 0 saturated carbocycles. The SMILES string of the molecule is CC(C)c1nc2c(s1)CCN(CCF)CC2. The van der Waals surface area contributed by atoms with Crippen molar-refractivity contribution in [3.05, 3.63) is 15.6 Å². The van der Waals surface area contributed by atoms with E-state index < -0.39 is 0 Å². The number of fused-ring (bicyclic) bond motifs is 1. The third kappa shape index (κ3) is 2.61. The van der Waals surface area contributed by atoms with E-state index >= 15 is 0 Å². The van der Waals surface area contributed by atoms with Crippen molar-refractivity contribution in [3.8, 4) is 0 Å². The molecule has 1 aliphatic rings. The van der Waals surface area contributed by atoms with Gasteiger partial charge in [-0.05, 0) is 6.42 Å². The summed E-state index contributed by atoms with van der Waals surface area (Å²) in [5.41, 5.74) is 1.26. The molecule has 0 aromatic carbocycles. The van der Waals surface area contributed by atoms with Gasteiger partial charge >= 0.3 is 0 Å². The Labute approximate surface area is 100 Å². The molecule has 1 aliphatic heterocycles. The van der Waals surface area contributed by atoms with Crippen molar-refractivity contribution in [2.24, 2.45) is 0 Å². The standard InChI is InChI=1S/C12H19FN2S/c1-9(2)12-14-10-3-6-15(8-5-13)7-4-11(10)16-12/h9H,3-8H2,1-2H3. The molecule has 0 spiro atoms. The minimum absolute atomic E-state index is 0.238. The van der Waals surface area contributed by atoms with Crippen LogP contribution < -0.4 is 0 Å². The highest BCUT2D eigenvalue weighted by Crippen LogP contribution is 2.27. The van der Waals surface area contributed by atoms with E-state index in [1.54, 1.807) is 0 Å². The lowest BCUT2D eigenvalue weighted by molar-refractivity contribution is 0.258. The first kappa shape index (κ1) is 12.0. The predicted octanol–water partition coefficient (Wildman–Crippen LogP) is 2.64. The Hall–Kier alpha value is -0.480. The van der Waals surface area contributed by atoms with Crippen LogP contribution in [0.5, 0.6) is 0 Å². The summed E-state index contributed by atoms with van der Waals surface area (Å²) in [6.45, 7) is 6.65. The number of nitrogens with zero attached hydrogens (tertiary/aromatic N) is 2. The third-order valence-corrected chi connectivity index (χ3v) is 4.47. The molecule has 0 atom stereocenters. The number of thiazole rings is 1. The average Bonchev–Trinajstić information content (AvgIpc) is 2.58. The van der Waals surface area contributed by atoms with E-state index in [0.29, 0.717) is 12.5 Å². The molecule has 2 nitrogen and oxygen atoms in total. The largest absolute Gasteiger partial charge is 0.300 e. The van der Waals surface area contributed by atoms with Crippen LogP contribution in [0, 0.1) is 0 Å². The van der Waals surface area contributed by atoms with Gasteiger partial charge in [-0.1, -0.05) is 13.8 Å². The van der Waals surface area contributed by atoms with Gasteiger partial charge in [0.05, 0.1) is 10.7 Å². The zero-order valence-corrected chi connectivity index (χ0v) is 10.8. The fourth-order valence-electron chi connectivity index (χ4n) is 2.02. The molecule has 0 fully saturated rings. The molecule has 4 heteroatoms. The van der Waals surface area contributed by atoms with Crippen LogP contribution in [0.1, 0.15) is 35.3 Å². The van der Waals surface area contributed by atoms with Crippen molar-refractivity contribution in [2.45, 2.75) is 32.6 Å². The summed E-state index contributed by atoms with van der Waals surface area (Å²) in [6.07, 6.45) is 2.03. The Morgan fingerprint density at radius 2 is 2.12 bits per heavy atom. The molecule has 0 amide bonds. The number of halogens is 1. The Bertz CT molecular complexity index is 323. The fourth-order valence-corrected chi connectivity index (χ4v) is 3.12. The summed E-state index contributed by atoms with van der Waals surface area (Å²) in [5.74, 6) is 0.527. The topological polar surface area (TPSA) is 16.1 Å². The van der Waals surface area contributed by atoms with Crippen LogP contribution in [0.4, 0.5) is 4.39 Å². The van der Waals surface area contributed by atoms with Crippen molar-refractivity contribution in [1.82, 2.24) is 9.88 Å². The predicted molar refractivity (Wildman–Crippen MR) is 66.0 cm³/mol. The molecule has 2 rings (SSSR count). The van der Waals surface area contributed by atoms with Crippen molar-refractivity contribution in [3.63, 3.8) is 0 Å². The Morgan fingerprint density at radius 1 is 1.38 bits per heavy atom. The average molecular weight is 242 g/mol. The van der Waals surface area contributed by atoms with E-state index in [-0.39, 0.29) is 6.67 Å². The lowest BCUT2D eigenvalue weighted by Gasteiger charge is -2.17. The van der Waals surface area contributed by atoms with Crippen molar-refractivity contribution < 1.29 is 4.39 Å². The first-order chi connectivity index (χ1) is 7.70. The minimum atomic E-state index is -0.238. The van der Waals surface area contributed by atoms with E-state index in [1.165, 1.54) is 15.6 Å². The normalized spacial score (nSPS) is 17.5. The van der Waals surface area contributed by atoms with Crippen LogP contribution in [0.3, 0.4) is 0 Å². The maximum Gasteiger partial charge on any atom is 0.102 e. The van der Waals surface area contributed by atoms with E-state index in [2.05, 4.69) is 18.7 Å². The monoisotopic (exact) mass is 242 g/mol. The van der Waals surface area contributed by atoms with Crippen LogP contribution >= 0.6 is 11.3 Å². The number of alkyl halides is 1. The molecule has 0 aliphatic carbocycles. The maximum absolute atomic E-state index is 12.3. The Kier molecular flexibility index (Phi) is 3.92. The molecule has 2 heterocycles. The number of aromatic nitrogens is 1. The lowest BCUT2D eigenvalue weighted by Crippen LogP contribution is -2.28. The van der Waals surface area contributed by atoms with Crippen molar-refractivity contribution in [2.75, 3.05) is 26.3 Å². The summed E-state index contributed by atoms with van der Waals surface area (Å²) >= 11 is 1.85. The zero-order chi connectivity index (χ0) is 11.5. The highest BCUT2D eigenvalue weighted by atomic mass is 32.1. The van der Waals surface area contributed by atoms with Gasteiger partial charge in [0.15, 0.2) is 0 Å². The van der Waals surface area contributed by atoms with E-state index in [0.717, 1.165) is 25.9 Å². The third-order valence-electron chi connectivity index (χ3n) is 3.01. The maximum atomic E-state index is 12.3. The molecule has 0 saturated heterocycles. The second-order valence-corrected chi connectivity index (χ2v) is 5.72. The molecular weight excluding hydrogens is 223 g/mol. The summed E-state index contributed by atoms with van der Waals surface area (Å²) < 4.78 is 12.3. The molecular formula is C12H19FN2S. The van der Waals surface area contributed by atoms with Gasteiger partial charge in [0.1, 0.15) is 6.67 Å². The van der Waals surface area contributed by atoms with Gasteiger partial charge in [0.2, 0.25) is 0 Å². The smallest absolute Gasteiger partial charge is 0.102 e. The van der Waals surface area contributed by atoms with Gasteiger partial charge in [0, 0.05) is 36.9 Å². The van der Waals surface area contributed by atoms with Gasteiger partial charge in [-0.3, -0.25) is 4.90 Å². The lowest BCUT2D eigenvalue weighted by atomic mass is 10.2. The summed E-state index contributed by atoms with van der Waals surface area (Å²) in [5, 5.41) is 1.25. The van der Waals surface area contributed by atoms with E-state index in [1.807, 2.05) is 11.3 Å². The summed E-state index contributed by atoms with van der Waals surface area (Å²) in [4.78, 5) is 8.32. The molecule has 1 aromatic heterocycles. The molecule has 0 radical (unpaired) electrons. The summed E-state index contributed by atoms with van der Waals surface area (Å²) in [6, 6.07) is 0. The highest BCUT2D eigenvalue weighted by molar-refractivity contribution is 7.11. The summed E-state index contributed by atoms with van der Waals surface area (Å²) in [7, 11) is 0. The van der Waals surface area contributed by atoms with Crippen molar-refractivity contribution in [1.29, 1.82) is 0 Å². The van der Waals surface area contributed by atoms with E-state index in [9.17, 15) is 4.39 Å². The van der Waals surface area contributed by atoms with Crippen LogP contribution in [0.25, 0.3) is 0 Å². The molecule has 0 bridgehead atoms.